The van der Waals surface area contributed by atoms with Crippen molar-refractivity contribution in [1.29, 1.82) is 0 Å². The highest BCUT2D eigenvalue weighted by Gasteiger charge is 2.58. The SMILES string of the molecule is C=CC(=O)Nc1cc(N(C)CCC(F)(F)F)ccc1C(=O)Nc1cc(CCc2cc(OC)cc(OC)c2)[nH]n1.C=CC(=O)Nc1cc(N2CCN(CC(F)(F)C(F)(F)F)CC2)ccc1C(=O)Nc1cc(CCc2cc(OC)cc(OC)c2)[nH]n1.C=CC(=O)Nc1cc(N2CCN(CCC(F)(F)F)CC2)cnc1C(=O)Nc1cc(CCc2cc(OC)cc(OC)c2)[nH]n1. The summed E-state index contributed by atoms with van der Waals surface area (Å²) in [7, 11) is 11.0. The molecule has 0 aliphatic carbocycles. The molecule has 0 saturated carbocycles. The van der Waals surface area contributed by atoms with Crippen molar-refractivity contribution in [2.24, 2.45) is 0 Å². The molecule has 2 aliphatic heterocycles. The van der Waals surface area contributed by atoms with Gasteiger partial charge in [-0.25, -0.2) is 4.98 Å². The standard InChI is InChI=1S/C30H33F5N6O4.C29H34F3N7O4.C27H30F3N5O4/c1-4-27(42)36-25-16-21(41-11-9-40(10-12-41)18-29(31,32)30(33,34)35)7-8-24(25)28(43)37-26-15-20(38-39-26)6-5-19-13-22(44-2)17-23(14-19)45-3;1-4-26(40)34-24-16-21(39-11-9-38(10-12-39)8-7-29(30,31)32)18-33-27(24)28(41)35-25-15-20(36-37-25)6-5-19-13-22(42-2)17-23(14-19)43-3;1-5-25(36)31-23-15-19(35(2)11-10-27(28,29)30)8-9-22(23)26(37)32-24-14-18(33-34-24)7-6-17-12-20(38-3)16-21(13-17)39-4/h4,7-8,13-17H,1,5-6,9-12,18H2,2-3H3,(H,36,42)(H2,37,38,39,43);4,13-18H,1,5-12H2,2-3H3,(H,34,40)(H2,35,36,37,41);5,8-9,12-16H,1,6-7,10-11H2,2-4H3,(H,31,36)(H2,32,33,34,37). The Labute approximate surface area is 723 Å². The summed E-state index contributed by atoms with van der Waals surface area (Å²) in [5.41, 5.74) is 7.50. The molecule has 2 fully saturated rings. The predicted molar refractivity (Wildman–Crippen MR) is 457 cm³/mol. The van der Waals surface area contributed by atoms with Crippen LogP contribution in [0.2, 0.25) is 0 Å². The normalized spacial score (nSPS) is 13.1. The van der Waals surface area contributed by atoms with Gasteiger partial charge < -0.3 is 75.0 Å². The summed E-state index contributed by atoms with van der Waals surface area (Å²) in [5, 5.41) is 37.0. The molecule has 2 aliphatic rings. The highest BCUT2D eigenvalue weighted by atomic mass is 19.4. The highest BCUT2D eigenvalue weighted by molar-refractivity contribution is 6.13. The van der Waals surface area contributed by atoms with E-state index in [0.717, 1.165) is 56.9 Å². The molecule has 11 rings (SSSR count). The summed E-state index contributed by atoms with van der Waals surface area (Å²) in [6, 6.07) is 32.5. The molecule has 2 saturated heterocycles. The number of ether oxygens (including phenoxy) is 6. The number of amides is 6. The second-order valence-corrected chi connectivity index (χ2v) is 28.9. The Kier molecular flexibility index (Phi) is 34.2. The van der Waals surface area contributed by atoms with Crippen molar-refractivity contribution in [3.05, 3.63) is 210 Å². The molecular weight excluding hydrogens is 1690 g/mol. The Balaban J connectivity index is 0.000000216. The molecule has 4 aromatic heterocycles. The lowest BCUT2D eigenvalue weighted by Crippen LogP contribution is -2.53. The van der Waals surface area contributed by atoms with Gasteiger partial charge >= 0.3 is 24.5 Å². The van der Waals surface area contributed by atoms with Gasteiger partial charge in [0.2, 0.25) is 17.7 Å². The molecule has 41 heteroatoms. The topological polar surface area (TPSA) is 345 Å². The molecule has 6 heterocycles. The van der Waals surface area contributed by atoms with E-state index in [-0.39, 0.29) is 90.6 Å². The van der Waals surface area contributed by atoms with E-state index in [1.807, 2.05) is 41.3 Å². The van der Waals surface area contributed by atoms with Crippen LogP contribution in [0.4, 0.5) is 99.9 Å². The highest BCUT2D eigenvalue weighted by Crippen LogP contribution is 2.38. The zero-order valence-electron chi connectivity index (χ0n) is 70.4. The van der Waals surface area contributed by atoms with E-state index in [1.165, 1.54) is 48.5 Å². The average molecular weight is 1780 g/mol. The van der Waals surface area contributed by atoms with Crippen LogP contribution in [0.5, 0.6) is 34.5 Å². The van der Waals surface area contributed by atoms with Gasteiger partial charge in [-0.3, -0.25) is 53.9 Å². The van der Waals surface area contributed by atoms with Crippen LogP contribution >= 0.6 is 0 Å². The van der Waals surface area contributed by atoms with E-state index in [9.17, 15) is 77.1 Å². The molecule has 127 heavy (non-hydrogen) atoms. The number of alkyl halides is 11. The zero-order chi connectivity index (χ0) is 92.3. The summed E-state index contributed by atoms with van der Waals surface area (Å²) in [6.45, 7) is 10.6. The van der Waals surface area contributed by atoms with E-state index < -0.39 is 79.3 Å². The fourth-order valence-corrected chi connectivity index (χ4v) is 13.1. The number of nitrogens with one attached hydrogen (secondary N) is 9. The second kappa shape index (κ2) is 44.7. The first-order chi connectivity index (χ1) is 60.4. The Morgan fingerprint density at radius 3 is 1.17 bits per heavy atom. The Morgan fingerprint density at radius 2 is 0.787 bits per heavy atom. The molecule has 9 N–H and O–H groups in total. The van der Waals surface area contributed by atoms with Crippen LogP contribution < -0.4 is 75.0 Å². The third kappa shape index (κ3) is 29.5. The van der Waals surface area contributed by atoms with Crippen LogP contribution in [0.3, 0.4) is 0 Å². The van der Waals surface area contributed by atoms with E-state index in [4.69, 9.17) is 28.4 Å². The number of nitrogens with zero attached hydrogens (tertiary/aromatic N) is 9. The number of H-pyrrole nitrogens is 3. The Hall–Kier alpha value is -13.7. The molecule has 0 atom stereocenters. The van der Waals surface area contributed by atoms with E-state index >= 15 is 0 Å². The van der Waals surface area contributed by atoms with Gasteiger partial charge in [0, 0.05) is 137 Å². The van der Waals surface area contributed by atoms with Crippen molar-refractivity contribution in [2.75, 3.05) is 168 Å². The summed E-state index contributed by atoms with van der Waals surface area (Å²) < 4.78 is 172. The Morgan fingerprint density at radius 1 is 0.425 bits per heavy atom. The first-order valence-corrected chi connectivity index (χ1v) is 39.4. The van der Waals surface area contributed by atoms with Crippen molar-refractivity contribution in [1.82, 2.24) is 45.4 Å². The van der Waals surface area contributed by atoms with Crippen LogP contribution in [0, 0.1) is 0 Å². The van der Waals surface area contributed by atoms with Crippen LogP contribution in [-0.2, 0) is 52.9 Å². The number of aryl methyl sites for hydroxylation is 6. The van der Waals surface area contributed by atoms with Gasteiger partial charge in [-0.1, -0.05) is 19.7 Å². The number of carbonyl (C=O) groups excluding carboxylic acids is 6. The van der Waals surface area contributed by atoms with Gasteiger partial charge in [-0.05, 0) is 152 Å². The second-order valence-electron chi connectivity index (χ2n) is 28.9. The summed E-state index contributed by atoms with van der Waals surface area (Å²) in [6.07, 6.45) is -7.61. The van der Waals surface area contributed by atoms with Crippen molar-refractivity contribution in [3.8, 4) is 34.5 Å². The third-order valence-electron chi connectivity index (χ3n) is 20.0. The summed E-state index contributed by atoms with van der Waals surface area (Å²) in [5.74, 6) is -3.31. The number of piperazine rings is 2. The van der Waals surface area contributed by atoms with E-state index in [1.54, 1.807) is 101 Å². The summed E-state index contributed by atoms with van der Waals surface area (Å²) in [4.78, 5) is 87.9. The minimum atomic E-state index is -5.62. The molecule has 9 aromatic rings. The lowest BCUT2D eigenvalue weighted by Gasteiger charge is -2.37. The van der Waals surface area contributed by atoms with Crippen molar-refractivity contribution < 1.29 is 105 Å². The zero-order valence-corrected chi connectivity index (χ0v) is 70.4. The van der Waals surface area contributed by atoms with Crippen LogP contribution in [0.15, 0.2) is 159 Å². The number of pyridine rings is 1. The molecule has 0 bridgehead atoms. The van der Waals surface area contributed by atoms with Gasteiger partial charge in [0.1, 0.15) is 34.5 Å². The van der Waals surface area contributed by atoms with Gasteiger partial charge in [-0.15, -0.1) is 0 Å². The number of benzene rings is 5. The van der Waals surface area contributed by atoms with Gasteiger partial charge in [-0.2, -0.15) is 63.6 Å². The third-order valence-corrected chi connectivity index (χ3v) is 20.0. The van der Waals surface area contributed by atoms with Crippen LogP contribution in [0.25, 0.3) is 0 Å². The van der Waals surface area contributed by atoms with Crippen molar-refractivity contribution >= 4 is 87.0 Å². The first kappa shape index (κ1) is 97.1. The lowest BCUT2D eigenvalue weighted by atomic mass is 10.1. The molecule has 680 valence electrons. The number of rotatable bonds is 36. The minimum absolute atomic E-state index is 0.0317. The molecule has 5 aromatic carbocycles. The van der Waals surface area contributed by atoms with Gasteiger partial charge in [0.15, 0.2) is 23.1 Å². The van der Waals surface area contributed by atoms with E-state index in [0.29, 0.717) is 116 Å². The Bertz CT molecular complexity index is 5230. The maximum atomic E-state index is 13.5. The number of aromatic amines is 3. The maximum Gasteiger partial charge on any atom is 0.454 e. The number of carbonyl (C=O) groups is 6. The number of anilines is 9. The number of halogens is 11. The molecule has 0 spiro atoms. The van der Waals surface area contributed by atoms with Gasteiger partial charge in [0.05, 0.1) is 102 Å². The predicted octanol–water partition coefficient (Wildman–Crippen LogP) is 13.9. The monoisotopic (exact) mass is 1780 g/mol. The number of hydrogen-bond acceptors (Lipinski definition) is 21. The fraction of sp³-hybridized carbons (Fsp3) is 0.349. The molecule has 0 radical (unpaired) electrons. The number of methoxy groups -OCH3 is 6. The maximum absolute atomic E-state index is 13.5. The molecule has 0 unspecified atom stereocenters. The van der Waals surface area contributed by atoms with Crippen molar-refractivity contribution in [3.63, 3.8) is 0 Å². The first-order valence-electron chi connectivity index (χ1n) is 39.4. The van der Waals surface area contributed by atoms with Crippen molar-refractivity contribution in [2.45, 2.75) is 75.8 Å². The quantitative estimate of drug-likeness (QED) is 0.0130. The smallest absolute Gasteiger partial charge is 0.454 e. The number of aromatic nitrogens is 7. The molecule has 30 nitrogen and oxygen atoms in total. The largest absolute Gasteiger partial charge is 0.497 e. The van der Waals surface area contributed by atoms with Crippen LogP contribution in [-0.4, -0.2) is 227 Å². The molecule has 6 amide bonds. The fourth-order valence-electron chi connectivity index (χ4n) is 13.1. The van der Waals surface area contributed by atoms with Gasteiger partial charge in [0.25, 0.3) is 17.7 Å². The minimum Gasteiger partial charge on any atom is -0.497 e. The average Bonchev–Trinajstić information content (AvgIpc) is 1.36. The van der Waals surface area contributed by atoms with E-state index in [2.05, 4.69) is 87.2 Å². The number of hydrogen-bond donors (Lipinski definition) is 9. The van der Waals surface area contributed by atoms with Crippen LogP contribution in [0.1, 0.15) is 77.8 Å². The molecular formula is C86H97F11N18O12. The lowest BCUT2D eigenvalue weighted by molar-refractivity contribution is -0.286. The summed E-state index contributed by atoms with van der Waals surface area (Å²) >= 11 is 0.